The van der Waals surface area contributed by atoms with Gasteiger partial charge in [0.25, 0.3) is 0 Å². The first-order valence-corrected chi connectivity index (χ1v) is 7.77. The van der Waals surface area contributed by atoms with Crippen LogP contribution in [0.4, 0.5) is 0 Å². The molecule has 0 aliphatic heterocycles. The van der Waals surface area contributed by atoms with Gasteiger partial charge in [0, 0.05) is 22.0 Å². The quantitative estimate of drug-likeness (QED) is 0.477. The molecule has 2 N–H and O–H groups in total. The van der Waals surface area contributed by atoms with Crippen LogP contribution >= 0.6 is 11.6 Å². The lowest BCUT2D eigenvalue weighted by atomic mass is 9.94. The number of fused-ring (bicyclic) bond motifs is 1. The molecule has 0 atom stereocenters. The van der Waals surface area contributed by atoms with Crippen LogP contribution in [-0.2, 0) is 0 Å². The van der Waals surface area contributed by atoms with Crippen molar-refractivity contribution >= 4 is 22.5 Å². The van der Waals surface area contributed by atoms with Gasteiger partial charge in [-0.1, -0.05) is 72.3 Å². The van der Waals surface area contributed by atoms with Crippen LogP contribution in [0.5, 0.6) is 5.75 Å². The summed E-state index contributed by atoms with van der Waals surface area (Å²) in [7, 11) is 0. The first-order chi connectivity index (χ1) is 11.3. The number of aromatic nitrogens is 1. The number of hydrogen-bond acceptors (Lipinski definition) is 1. The predicted molar refractivity (Wildman–Crippen MR) is 95.8 cm³/mol. The third kappa shape index (κ3) is 2.28. The summed E-state index contributed by atoms with van der Waals surface area (Å²) in [6.45, 7) is 0. The fraction of sp³-hybridized carbons (Fsp3) is 0. The molecule has 1 aromatic heterocycles. The zero-order valence-corrected chi connectivity index (χ0v) is 13.0. The van der Waals surface area contributed by atoms with Crippen LogP contribution in [0.25, 0.3) is 33.2 Å². The lowest BCUT2D eigenvalue weighted by molar-refractivity contribution is 0.477. The van der Waals surface area contributed by atoms with Crippen LogP contribution in [-0.4, -0.2) is 10.1 Å². The van der Waals surface area contributed by atoms with Gasteiger partial charge in [0.15, 0.2) is 0 Å². The van der Waals surface area contributed by atoms with Gasteiger partial charge in [0.1, 0.15) is 10.9 Å². The molecule has 4 rings (SSSR count). The van der Waals surface area contributed by atoms with Crippen molar-refractivity contribution in [1.82, 2.24) is 4.98 Å². The first kappa shape index (κ1) is 13.9. The zero-order valence-electron chi connectivity index (χ0n) is 12.3. The van der Waals surface area contributed by atoms with E-state index in [2.05, 4.69) is 11.1 Å². The third-order valence-electron chi connectivity index (χ3n) is 4.05. The van der Waals surface area contributed by atoms with E-state index in [0.29, 0.717) is 5.15 Å². The molecule has 0 spiro atoms. The number of phenols is 1. The maximum Gasteiger partial charge on any atom is 0.123 e. The summed E-state index contributed by atoms with van der Waals surface area (Å²) in [5.74, 6) is 0.260. The lowest BCUT2D eigenvalue weighted by Crippen LogP contribution is -1.85. The molecule has 2 nitrogen and oxygen atoms in total. The van der Waals surface area contributed by atoms with E-state index in [1.807, 2.05) is 60.7 Å². The molecule has 0 saturated carbocycles. The van der Waals surface area contributed by atoms with Crippen molar-refractivity contribution in [2.75, 3.05) is 0 Å². The minimum absolute atomic E-state index is 0.260. The monoisotopic (exact) mass is 319 g/mol. The molecule has 0 aliphatic carbocycles. The predicted octanol–water partition coefficient (Wildman–Crippen LogP) is 5.86. The molecule has 0 amide bonds. The normalized spacial score (nSPS) is 11.0. The second kappa shape index (κ2) is 5.49. The van der Waals surface area contributed by atoms with E-state index in [4.69, 9.17) is 11.6 Å². The van der Waals surface area contributed by atoms with Crippen molar-refractivity contribution in [2.45, 2.75) is 0 Å². The first-order valence-electron chi connectivity index (χ1n) is 7.39. The Bertz CT molecular complexity index is 1000. The molecule has 3 heteroatoms. The molecule has 0 bridgehead atoms. The Kier molecular flexibility index (Phi) is 3.32. The highest BCUT2D eigenvalue weighted by Crippen LogP contribution is 2.42. The van der Waals surface area contributed by atoms with Crippen LogP contribution in [0.1, 0.15) is 0 Å². The van der Waals surface area contributed by atoms with E-state index >= 15 is 0 Å². The molecule has 0 fully saturated rings. The van der Waals surface area contributed by atoms with Crippen LogP contribution in [0, 0.1) is 0 Å². The number of para-hydroxylation sites is 2. The minimum Gasteiger partial charge on any atom is -0.507 e. The van der Waals surface area contributed by atoms with Gasteiger partial charge in [-0.3, -0.25) is 0 Å². The van der Waals surface area contributed by atoms with Gasteiger partial charge in [0.05, 0.1) is 0 Å². The van der Waals surface area contributed by atoms with E-state index in [9.17, 15) is 5.11 Å². The summed E-state index contributed by atoms with van der Waals surface area (Å²) in [5.41, 5.74) is 4.71. The zero-order chi connectivity index (χ0) is 15.8. The van der Waals surface area contributed by atoms with E-state index in [0.717, 1.165) is 33.2 Å². The number of halogens is 1. The summed E-state index contributed by atoms with van der Waals surface area (Å²) in [4.78, 5) is 3.22. The smallest absolute Gasteiger partial charge is 0.123 e. The average Bonchev–Trinajstić information content (AvgIpc) is 2.91. The lowest BCUT2D eigenvalue weighted by Gasteiger charge is -2.11. The molecule has 0 radical (unpaired) electrons. The molecular formula is C20H14ClNO. The van der Waals surface area contributed by atoms with Gasteiger partial charge < -0.3 is 10.1 Å². The maximum absolute atomic E-state index is 10.2. The highest BCUT2D eigenvalue weighted by atomic mass is 35.5. The fourth-order valence-electron chi connectivity index (χ4n) is 3.01. The van der Waals surface area contributed by atoms with Gasteiger partial charge in [-0.15, -0.1) is 0 Å². The summed E-state index contributed by atoms with van der Waals surface area (Å²) in [6.07, 6.45) is 0. The Labute approximate surface area is 139 Å². The molecule has 3 aromatic carbocycles. The van der Waals surface area contributed by atoms with E-state index in [-0.39, 0.29) is 5.75 Å². The summed E-state index contributed by atoms with van der Waals surface area (Å²) >= 11 is 6.48. The third-order valence-corrected chi connectivity index (χ3v) is 4.33. The Morgan fingerprint density at radius 1 is 0.696 bits per heavy atom. The second-order valence-corrected chi connectivity index (χ2v) is 5.80. The number of aromatic amines is 1. The Morgan fingerprint density at radius 3 is 2.09 bits per heavy atom. The van der Waals surface area contributed by atoms with Crippen molar-refractivity contribution in [3.63, 3.8) is 0 Å². The van der Waals surface area contributed by atoms with Crippen LogP contribution in [0.3, 0.4) is 0 Å². The highest BCUT2D eigenvalue weighted by molar-refractivity contribution is 6.35. The Hall–Kier alpha value is -2.71. The number of benzene rings is 3. The topological polar surface area (TPSA) is 36.0 Å². The Morgan fingerprint density at radius 2 is 1.30 bits per heavy atom. The highest BCUT2D eigenvalue weighted by Gasteiger charge is 2.16. The molecule has 23 heavy (non-hydrogen) atoms. The largest absolute Gasteiger partial charge is 0.507 e. The Balaban J connectivity index is 2.04. The maximum atomic E-state index is 10.2. The number of phenolic OH excluding ortho intramolecular Hbond substituents is 1. The van der Waals surface area contributed by atoms with Crippen molar-refractivity contribution in [2.24, 2.45) is 0 Å². The summed E-state index contributed by atoms with van der Waals surface area (Å²) < 4.78 is 0. The standard InChI is InChI=1S/C20H14ClNO/c21-20-19(16-10-3-5-11-17(16)22-20)15-9-2-1-7-13(15)14-8-4-6-12-18(14)23/h1-12,22-23H. The van der Waals surface area contributed by atoms with Crippen LogP contribution in [0.15, 0.2) is 72.8 Å². The molecule has 0 aliphatic rings. The fourth-order valence-corrected chi connectivity index (χ4v) is 3.32. The number of hydrogen-bond donors (Lipinski definition) is 2. The van der Waals surface area contributed by atoms with Crippen molar-refractivity contribution in [1.29, 1.82) is 0 Å². The summed E-state index contributed by atoms with van der Waals surface area (Å²) in [6, 6.07) is 23.4. The number of rotatable bonds is 2. The summed E-state index contributed by atoms with van der Waals surface area (Å²) in [5, 5.41) is 11.9. The van der Waals surface area contributed by atoms with Gasteiger partial charge in [0.2, 0.25) is 0 Å². The van der Waals surface area contributed by atoms with E-state index < -0.39 is 0 Å². The number of nitrogens with one attached hydrogen (secondary N) is 1. The number of aromatic hydroxyl groups is 1. The van der Waals surface area contributed by atoms with Gasteiger partial charge in [-0.25, -0.2) is 0 Å². The second-order valence-electron chi connectivity index (χ2n) is 5.42. The van der Waals surface area contributed by atoms with Crippen molar-refractivity contribution < 1.29 is 5.11 Å². The molecule has 0 unspecified atom stereocenters. The van der Waals surface area contributed by atoms with Crippen LogP contribution in [0.2, 0.25) is 5.15 Å². The van der Waals surface area contributed by atoms with Crippen molar-refractivity contribution in [3.8, 4) is 28.0 Å². The van der Waals surface area contributed by atoms with Crippen LogP contribution < -0.4 is 0 Å². The molecular weight excluding hydrogens is 306 g/mol. The van der Waals surface area contributed by atoms with E-state index in [1.165, 1.54) is 0 Å². The van der Waals surface area contributed by atoms with E-state index in [1.54, 1.807) is 6.07 Å². The minimum atomic E-state index is 0.260. The van der Waals surface area contributed by atoms with Gasteiger partial charge >= 0.3 is 0 Å². The van der Waals surface area contributed by atoms with Gasteiger partial charge in [-0.05, 0) is 23.3 Å². The van der Waals surface area contributed by atoms with Gasteiger partial charge in [-0.2, -0.15) is 0 Å². The number of H-pyrrole nitrogens is 1. The average molecular weight is 320 g/mol. The molecule has 1 heterocycles. The molecule has 4 aromatic rings. The molecule has 112 valence electrons. The molecule has 0 saturated heterocycles. The van der Waals surface area contributed by atoms with Crippen molar-refractivity contribution in [3.05, 3.63) is 77.9 Å². The SMILES string of the molecule is Oc1ccccc1-c1ccccc1-c1c(Cl)[nH]c2ccccc12.